The first-order valence-corrected chi connectivity index (χ1v) is 11.2. The van der Waals surface area contributed by atoms with E-state index in [4.69, 9.17) is 4.74 Å². The van der Waals surface area contributed by atoms with Crippen molar-refractivity contribution in [1.29, 1.82) is 0 Å². The van der Waals surface area contributed by atoms with Gasteiger partial charge in [-0.15, -0.1) is 0 Å². The Morgan fingerprint density at radius 2 is 1.77 bits per heavy atom. The largest absolute Gasteiger partial charge is 0.497 e. The van der Waals surface area contributed by atoms with E-state index in [2.05, 4.69) is 10.6 Å². The van der Waals surface area contributed by atoms with Crippen molar-refractivity contribution in [2.24, 2.45) is 5.92 Å². The third-order valence-electron chi connectivity index (χ3n) is 5.03. The van der Waals surface area contributed by atoms with Gasteiger partial charge >= 0.3 is 6.03 Å². The molecule has 0 aromatic heterocycles. The number of ether oxygens (including phenoxy) is 1. The van der Waals surface area contributed by atoms with Gasteiger partial charge in [-0.05, 0) is 48.5 Å². The van der Waals surface area contributed by atoms with E-state index < -0.39 is 16.1 Å². The van der Waals surface area contributed by atoms with Crippen molar-refractivity contribution in [1.82, 2.24) is 9.62 Å². The number of methoxy groups -OCH3 is 1. The molecular weight excluding hydrogens is 420 g/mol. The van der Waals surface area contributed by atoms with Crippen LogP contribution in [0.15, 0.2) is 53.4 Å². The van der Waals surface area contributed by atoms with E-state index in [9.17, 15) is 18.0 Å². The molecule has 1 aliphatic rings. The van der Waals surface area contributed by atoms with Gasteiger partial charge in [0, 0.05) is 50.9 Å². The molecule has 9 nitrogen and oxygen atoms in total. The maximum Gasteiger partial charge on any atom is 0.319 e. The molecule has 1 heterocycles. The van der Waals surface area contributed by atoms with Crippen molar-refractivity contribution in [2.75, 3.05) is 44.5 Å². The first-order valence-electron chi connectivity index (χ1n) is 9.72. The third kappa shape index (κ3) is 5.33. The van der Waals surface area contributed by atoms with Gasteiger partial charge in [-0.3, -0.25) is 4.79 Å². The summed E-state index contributed by atoms with van der Waals surface area (Å²) in [6.45, 7) is 0.861. The lowest BCUT2D eigenvalue weighted by atomic mass is 10.1. The van der Waals surface area contributed by atoms with Crippen LogP contribution >= 0.6 is 0 Å². The summed E-state index contributed by atoms with van der Waals surface area (Å²) in [5.74, 6) is 0.723. The van der Waals surface area contributed by atoms with E-state index in [1.165, 1.54) is 38.4 Å². The molecule has 0 saturated carbocycles. The molecule has 10 heteroatoms. The highest BCUT2D eigenvalue weighted by atomic mass is 32.2. The quantitative estimate of drug-likeness (QED) is 0.677. The van der Waals surface area contributed by atoms with Crippen molar-refractivity contribution < 1.29 is 22.7 Å². The number of urea groups is 1. The van der Waals surface area contributed by atoms with Gasteiger partial charge in [0.2, 0.25) is 15.9 Å². The molecule has 1 saturated heterocycles. The molecule has 1 fully saturated rings. The van der Waals surface area contributed by atoms with Crippen molar-refractivity contribution in [3.63, 3.8) is 0 Å². The zero-order valence-electron chi connectivity index (χ0n) is 17.7. The molecule has 166 valence electrons. The van der Waals surface area contributed by atoms with Crippen LogP contribution in [-0.2, 0) is 14.8 Å². The summed E-state index contributed by atoms with van der Waals surface area (Å²) in [5, 5.41) is 5.44. The number of carbonyl (C=O) groups excluding carboxylic acids is 2. The minimum Gasteiger partial charge on any atom is -0.497 e. The number of benzene rings is 2. The minimum absolute atomic E-state index is 0.00652. The molecular formula is C21H26N4O5S. The summed E-state index contributed by atoms with van der Waals surface area (Å²) >= 11 is 0. The molecule has 1 atom stereocenters. The molecule has 1 aliphatic heterocycles. The number of hydrogen-bond acceptors (Lipinski definition) is 5. The van der Waals surface area contributed by atoms with E-state index in [1.807, 2.05) is 12.1 Å². The topological polar surface area (TPSA) is 108 Å². The summed E-state index contributed by atoms with van der Waals surface area (Å²) in [7, 11) is 0.980. The molecule has 3 rings (SSSR count). The second-order valence-corrected chi connectivity index (χ2v) is 9.57. The lowest BCUT2D eigenvalue weighted by molar-refractivity contribution is -0.117. The van der Waals surface area contributed by atoms with Crippen LogP contribution in [0.25, 0.3) is 0 Å². The number of rotatable bonds is 7. The molecule has 2 aromatic rings. The number of carbonyl (C=O) groups is 2. The minimum atomic E-state index is -3.52. The summed E-state index contributed by atoms with van der Waals surface area (Å²) in [4.78, 5) is 26.4. The van der Waals surface area contributed by atoms with Crippen LogP contribution in [0.2, 0.25) is 0 Å². The summed E-state index contributed by atoms with van der Waals surface area (Å²) in [6, 6.07) is 12.8. The molecule has 1 unspecified atom stereocenters. The average Bonchev–Trinajstić information content (AvgIpc) is 3.13. The van der Waals surface area contributed by atoms with Crippen LogP contribution < -0.4 is 20.3 Å². The van der Waals surface area contributed by atoms with Crippen molar-refractivity contribution in [2.45, 2.75) is 11.3 Å². The molecule has 3 amide bonds. The predicted octanol–water partition coefficient (Wildman–Crippen LogP) is 2.12. The van der Waals surface area contributed by atoms with Gasteiger partial charge in [-0.25, -0.2) is 17.5 Å². The van der Waals surface area contributed by atoms with Crippen LogP contribution in [0, 0.1) is 5.92 Å². The molecule has 2 aromatic carbocycles. The van der Waals surface area contributed by atoms with Gasteiger partial charge < -0.3 is 20.3 Å². The van der Waals surface area contributed by atoms with Crippen molar-refractivity contribution in [3.05, 3.63) is 48.5 Å². The predicted molar refractivity (Wildman–Crippen MR) is 118 cm³/mol. The van der Waals surface area contributed by atoms with Gasteiger partial charge in [0.05, 0.1) is 12.0 Å². The van der Waals surface area contributed by atoms with Crippen LogP contribution in [0.3, 0.4) is 0 Å². The van der Waals surface area contributed by atoms with Gasteiger partial charge in [0.1, 0.15) is 5.75 Å². The molecule has 0 bridgehead atoms. The highest BCUT2D eigenvalue weighted by Crippen LogP contribution is 2.26. The fraction of sp³-hybridized carbons (Fsp3) is 0.333. The second kappa shape index (κ2) is 9.36. The van der Waals surface area contributed by atoms with E-state index in [1.54, 1.807) is 24.1 Å². The maximum absolute atomic E-state index is 12.3. The maximum atomic E-state index is 12.3. The van der Waals surface area contributed by atoms with Gasteiger partial charge in [0.25, 0.3) is 0 Å². The Bertz CT molecular complexity index is 1040. The second-order valence-electron chi connectivity index (χ2n) is 7.42. The molecule has 0 aliphatic carbocycles. The zero-order valence-corrected chi connectivity index (χ0v) is 18.5. The fourth-order valence-electron chi connectivity index (χ4n) is 3.26. The summed E-state index contributed by atoms with van der Waals surface area (Å²) < 4.78 is 30.4. The van der Waals surface area contributed by atoms with Crippen molar-refractivity contribution >= 4 is 33.3 Å². The van der Waals surface area contributed by atoms with E-state index in [0.717, 1.165) is 15.7 Å². The molecule has 0 radical (unpaired) electrons. The van der Waals surface area contributed by atoms with Gasteiger partial charge in [0.15, 0.2) is 0 Å². The summed E-state index contributed by atoms with van der Waals surface area (Å²) in [5.41, 5.74) is 1.27. The van der Waals surface area contributed by atoms with E-state index in [0.29, 0.717) is 25.2 Å². The van der Waals surface area contributed by atoms with Gasteiger partial charge in [-0.1, -0.05) is 0 Å². The monoisotopic (exact) mass is 446 g/mol. The van der Waals surface area contributed by atoms with Crippen LogP contribution in [0.4, 0.5) is 16.2 Å². The molecule has 2 N–H and O–H groups in total. The van der Waals surface area contributed by atoms with E-state index >= 15 is 0 Å². The Morgan fingerprint density at radius 3 is 2.35 bits per heavy atom. The van der Waals surface area contributed by atoms with E-state index in [-0.39, 0.29) is 16.7 Å². The van der Waals surface area contributed by atoms with Crippen molar-refractivity contribution in [3.8, 4) is 5.75 Å². The number of amides is 3. The standard InChI is InChI=1S/C21H26N4O5S/c1-24(2)31(28,29)19-10-4-16(5-11-19)23-21(27)22-13-15-12-20(26)25(14-15)17-6-8-18(30-3)9-7-17/h4-11,15H,12-14H2,1-3H3,(H2,22,23,27). The number of nitrogens with one attached hydrogen (secondary N) is 2. The third-order valence-corrected chi connectivity index (χ3v) is 6.86. The lowest BCUT2D eigenvalue weighted by Gasteiger charge is -2.17. The Morgan fingerprint density at radius 1 is 1.13 bits per heavy atom. The fourth-order valence-corrected chi connectivity index (χ4v) is 4.17. The number of nitrogens with zero attached hydrogens (tertiary/aromatic N) is 2. The first kappa shape index (κ1) is 22.6. The van der Waals surface area contributed by atoms with Crippen LogP contribution in [-0.4, -0.2) is 59.0 Å². The number of hydrogen-bond donors (Lipinski definition) is 2. The smallest absolute Gasteiger partial charge is 0.319 e. The molecule has 0 spiro atoms. The average molecular weight is 447 g/mol. The van der Waals surface area contributed by atoms with Gasteiger partial charge in [-0.2, -0.15) is 0 Å². The highest BCUT2D eigenvalue weighted by molar-refractivity contribution is 7.89. The lowest BCUT2D eigenvalue weighted by Crippen LogP contribution is -2.34. The Balaban J connectivity index is 1.51. The highest BCUT2D eigenvalue weighted by Gasteiger charge is 2.30. The zero-order chi connectivity index (χ0) is 22.6. The van der Waals surface area contributed by atoms with Crippen LogP contribution in [0.5, 0.6) is 5.75 Å². The Kier molecular flexibility index (Phi) is 6.81. The first-order chi connectivity index (χ1) is 14.7. The summed E-state index contributed by atoms with van der Waals surface area (Å²) in [6.07, 6.45) is 0.351. The van der Waals surface area contributed by atoms with Crippen LogP contribution in [0.1, 0.15) is 6.42 Å². The normalized spacial score (nSPS) is 16.5. The number of sulfonamides is 1. The Labute approximate surface area is 182 Å². The number of anilines is 2. The SMILES string of the molecule is COc1ccc(N2CC(CNC(=O)Nc3ccc(S(=O)(=O)N(C)C)cc3)CC2=O)cc1. The molecule has 31 heavy (non-hydrogen) atoms. The Hall–Kier alpha value is -3.11.